The van der Waals surface area contributed by atoms with E-state index in [-0.39, 0.29) is 18.8 Å². The highest BCUT2D eigenvalue weighted by atomic mass is 35.5. The minimum absolute atomic E-state index is 0.0450. The van der Waals surface area contributed by atoms with Crippen LogP contribution in [-0.4, -0.2) is 29.5 Å². The van der Waals surface area contributed by atoms with Crippen LogP contribution in [0.3, 0.4) is 0 Å². The summed E-state index contributed by atoms with van der Waals surface area (Å²) in [7, 11) is 1.51. The maximum Gasteiger partial charge on any atom is 0.322 e. The van der Waals surface area contributed by atoms with Crippen molar-refractivity contribution < 1.29 is 14.5 Å². The zero-order valence-electron chi connectivity index (χ0n) is 17.3. The Morgan fingerprint density at radius 1 is 1.06 bits per heavy atom. The Morgan fingerprint density at radius 3 is 2.50 bits per heavy atom. The van der Waals surface area contributed by atoms with E-state index in [1.54, 1.807) is 60.7 Å². The molecule has 0 radical (unpaired) electrons. The number of nitrogens with one attached hydrogen (secondary N) is 1. The van der Waals surface area contributed by atoms with Gasteiger partial charge in [0, 0.05) is 28.2 Å². The molecule has 7 nitrogen and oxygen atoms in total. The average molecular weight is 474 g/mol. The number of halogens is 2. The number of benzene rings is 3. The highest BCUT2D eigenvalue weighted by Crippen LogP contribution is 2.26. The lowest BCUT2D eigenvalue weighted by Crippen LogP contribution is -2.36. The molecule has 3 aromatic rings. The number of hydrogen-bond donors (Lipinski definition) is 1. The molecule has 0 aromatic heterocycles. The van der Waals surface area contributed by atoms with E-state index in [2.05, 4.69) is 5.32 Å². The Balaban J connectivity index is 1.86. The molecule has 0 aliphatic rings. The highest BCUT2D eigenvalue weighted by molar-refractivity contribution is 6.35. The fourth-order valence-electron chi connectivity index (χ4n) is 3.20. The van der Waals surface area contributed by atoms with Gasteiger partial charge in [-0.3, -0.25) is 10.1 Å². The van der Waals surface area contributed by atoms with Crippen LogP contribution in [0.1, 0.15) is 11.1 Å². The monoisotopic (exact) mass is 473 g/mol. The molecule has 32 heavy (non-hydrogen) atoms. The largest absolute Gasteiger partial charge is 0.495 e. The molecule has 1 N–H and O–H groups in total. The number of rotatable bonds is 8. The zero-order chi connectivity index (χ0) is 23.1. The van der Waals surface area contributed by atoms with E-state index in [0.717, 1.165) is 5.56 Å². The zero-order valence-corrected chi connectivity index (χ0v) is 18.8. The predicted octanol–water partition coefficient (Wildman–Crippen LogP) is 6.19. The van der Waals surface area contributed by atoms with Crippen molar-refractivity contribution in [1.82, 2.24) is 4.90 Å². The van der Waals surface area contributed by atoms with Crippen LogP contribution >= 0.6 is 23.2 Å². The van der Waals surface area contributed by atoms with E-state index in [9.17, 15) is 14.9 Å². The Labute approximate surface area is 195 Å². The number of methoxy groups -OCH3 is 1. The van der Waals surface area contributed by atoms with E-state index in [1.165, 1.54) is 18.1 Å². The van der Waals surface area contributed by atoms with Crippen molar-refractivity contribution in [3.8, 4) is 5.75 Å². The molecule has 0 fully saturated rings. The second-order valence-corrected chi connectivity index (χ2v) is 7.77. The van der Waals surface area contributed by atoms with Gasteiger partial charge < -0.3 is 15.0 Å². The topological polar surface area (TPSA) is 84.7 Å². The average Bonchev–Trinajstić information content (AvgIpc) is 2.78. The number of nitro groups is 1. The molecule has 3 rings (SSSR count). The minimum Gasteiger partial charge on any atom is -0.495 e. The third kappa shape index (κ3) is 5.90. The van der Waals surface area contributed by atoms with Crippen molar-refractivity contribution in [2.45, 2.75) is 13.0 Å². The first-order valence-corrected chi connectivity index (χ1v) is 10.5. The van der Waals surface area contributed by atoms with Gasteiger partial charge in [-0.05, 0) is 36.2 Å². The number of anilines is 1. The quantitative estimate of drug-likeness (QED) is 0.312. The molecule has 0 atom stereocenters. The van der Waals surface area contributed by atoms with E-state index in [4.69, 9.17) is 27.9 Å². The van der Waals surface area contributed by atoms with Gasteiger partial charge in [-0.1, -0.05) is 59.6 Å². The number of nitro benzene ring substituents is 1. The van der Waals surface area contributed by atoms with Crippen molar-refractivity contribution in [2.24, 2.45) is 0 Å². The number of carbonyl (C=O) groups is 1. The maximum atomic E-state index is 13.2. The Kier molecular flexibility index (Phi) is 7.92. The van der Waals surface area contributed by atoms with Gasteiger partial charge in [-0.25, -0.2) is 4.79 Å². The van der Waals surface area contributed by atoms with Crippen molar-refractivity contribution in [3.05, 3.63) is 98.0 Å². The van der Waals surface area contributed by atoms with Crippen molar-refractivity contribution in [3.63, 3.8) is 0 Å². The Morgan fingerprint density at radius 2 is 1.78 bits per heavy atom. The normalized spacial score (nSPS) is 10.5. The summed E-state index contributed by atoms with van der Waals surface area (Å²) >= 11 is 12.2. The first-order valence-electron chi connectivity index (χ1n) is 9.74. The van der Waals surface area contributed by atoms with Crippen molar-refractivity contribution >= 4 is 40.6 Å². The summed E-state index contributed by atoms with van der Waals surface area (Å²) in [6.45, 7) is 0.317. The number of ether oxygens (including phenoxy) is 1. The van der Waals surface area contributed by atoms with Crippen molar-refractivity contribution in [1.29, 1.82) is 0 Å². The fraction of sp³-hybridized carbons (Fsp3) is 0.174. The molecule has 0 unspecified atom stereocenters. The lowest BCUT2D eigenvalue weighted by Gasteiger charge is -2.24. The summed E-state index contributed by atoms with van der Waals surface area (Å²) in [5.74, 6) is 0.507. The molecule has 0 aliphatic carbocycles. The maximum absolute atomic E-state index is 13.2. The van der Waals surface area contributed by atoms with Gasteiger partial charge in [0.1, 0.15) is 5.75 Å². The number of nitrogens with zero attached hydrogens (tertiary/aromatic N) is 2. The predicted molar refractivity (Wildman–Crippen MR) is 126 cm³/mol. The second kappa shape index (κ2) is 10.8. The molecule has 3 aromatic carbocycles. The molecule has 0 saturated heterocycles. The first kappa shape index (κ1) is 23.4. The van der Waals surface area contributed by atoms with Gasteiger partial charge in [0.25, 0.3) is 5.69 Å². The van der Waals surface area contributed by atoms with Crippen LogP contribution in [-0.2, 0) is 13.0 Å². The summed E-state index contributed by atoms with van der Waals surface area (Å²) in [6, 6.07) is 18.1. The molecular weight excluding hydrogens is 453 g/mol. The highest BCUT2D eigenvalue weighted by Gasteiger charge is 2.21. The van der Waals surface area contributed by atoms with Crippen LogP contribution in [0.25, 0.3) is 0 Å². The first-order chi connectivity index (χ1) is 15.4. The van der Waals surface area contributed by atoms with Gasteiger partial charge in [-0.2, -0.15) is 0 Å². The molecule has 2 amide bonds. The van der Waals surface area contributed by atoms with Gasteiger partial charge >= 0.3 is 6.03 Å². The summed E-state index contributed by atoms with van der Waals surface area (Å²) in [5, 5.41) is 15.3. The second-order valence-electron chi connectivity index (χ2n) is 6.92. The number of para-hydroxylation sites is 3. The van der Waals surface area contributed by atoms with Gasteiger partial charge in [0.2, 0.25) is 0 Å². The Bertz CT molecular complexity index is 1120. The molecular formula is C23H21Cl2N3O4. The SMILES string of the molecule is COc1ccccc1NC(=O)N(CCc1ccc(Cl)cc1Cl)Cc1ccccc1[N+](=O)[O-]. The third-order valence-electron chi connectivity index (χ3n) is 4.85. The lowest BCUT2D eigenvalue weighted by molar-refractivity contribution is -0.385. The molecule has 0 spiro atoms. The summed E-state index contributed by atoms with van der Waals surface area (Å²) in [5.41, 5.74) is 1.69. The molecule has 0 heterocycles. The van der Waals surface area contributed by atoms with Crippen LogP contribution < -0.4 is 10.1 Å². The van der Waals surface area contributed by atoms with Crippen LogP contribution in [0.2, 0.25) is 10.0 Å². The molecule has 0 aliphatic heterocycles. The lowest BCUT2D eigenvalue weighted by atomic mass is 10.1. The smallest absolute Gasteiger partial charge is 0.322 e. The molecule has 166 valence electrons. The van der Waals surface area contributed by atoms with Crippen LogP contribution in [0.4, 0.5) is 16.2 Å². The third-order valence-corrected chi connectivity index (χ3v) is 5.44. The molecule has 0 bridgehead atoms. The van der Waals surface area contributed by atoms with Gasteiger partial charge in [0.05, 0.1) is 24.3 Å². The van der Waals surface area contributed by atoms with E-state index < -0.39 is 11.0 Å². The number of amides is 2. The van der Waals surface area contributed by atoms with Crippen LogP contribution in [0.5, 0.6) is 5.75 Å². The summed E-state index contributed by atoms with van der Waals surface area (Å²) < 4.78 is 5.30. The fourth-order valence-corrected chi connectivity index (χ4v) is 3.71. The van der Waals surface area contributed by atoms with Crippen LogP contribution in [0.15, 0.2) is 66.7 Å². The summed E-state index contributed by atoms with van der Waals surface area (Å²) in [6.07, 6.45) is 0.440. The van der Waals surface area contributed by atoms with E-state index >= 15 is 0 Å². The summed E-state index contributed by atoms with van der Waals surface area (Å²) in [4.78, 5) is 25.6. The standard InChI is InChI=1S/C23H21Cl2N3O4/c1-32-22-9-5-3-7-20(22)26-23(29)27(13-12-16-10-11-18(24)14-19(16)25)15-17-6-2-4-8-21(17)28(30)31/h2-11,14H,12-13,15H2,1H3,(H,26,29). The van der Waals surface area contributed by atoms with Crippen molar-refractivity contribution in [2.75, 3.05) is 19.0 Å². The van der Waals surface area contributed by atoms with Gasteiger partial charge in [-0.15, -0.1) is 0 Å². The Hall–Kier alpha value is -3.29. The number of urea groups is 1. The van der Waals surface area contributed by atoms with E-state index in [1.807, 2.05) is 0 Å². The van der Waals surface area contributed by atoms with Gasteiger partial charge in [0.15, 0.2) is 0 Å². The van der Waals surface area contributed by atoms with Crippen LogP contribution in [0, 0.1) is 10.1 Å². The number of hydrogen-bond acceptors (Lipinski definition) is 4. The van der Waals surface area contributed by atoms with E-state index in [0.29, 0.717) is 33.5 Å². The minimum atomic E-state index is -0.457. The molecule has 9 heteroatoms. The molecule has 0 saturated carbocycles. The number of carbonyl (C=O) groups excluding carboxylic acids is 1.